The lowest BCUT2D eigenvalue weighted by molar-refractivity contribution is 0.0602. The topological polar surface area (TPSA) is 64.3 Å². The Labute approximate surface area is 109 Å². The van der Waals surface area contributed by atoms with Gasteiger partial charge in [-0.1, -0.05) is 19.8 Å². The fourth-order valence-electron chi connectivity index (χ4n) is 1.80. The molecule has 1 aromatic carbocycles. The molecular weight excluding hydrogens is 228 g/mol. The molecule has 0 fully saturated rings. The average molecular weight is 250 g/mol. The molecule has 0 heterocycles. The first-order valence-electron chi connectivity index (χ1n) is 6.32. The van der Waals surface area contributed by atoms with Crippen molar-refractivity contribution in [1.29, 1.82) is 0 Å². The Kier molecular flexibility index (Phi) is 5.49. The van der Waals surface area contributed by atoms with Crippen molar-refractivity contribution < 1.29 is 9.53 Å². The number of esters is 1. The molecule has 100 valence electrons. The summed E-state index contributed by atoms with van der Waals surface area (Å²) >= 11 is 0. The van der Waals surface area contributed by atoms with Crippen molar-refractivity contribution in [3.05, 3.63) is 23.8 Å². The molecule has 0 saturated heterocycles. The number of rotatable bonds is 6. The Morgan fingerprint density at radius 3 is 2.83 bits per heavy atom. The summed E-state index contributed by atoms with van der Waals surface area (Å²) in [5.74, 6) is -0.405. The second-order valence-corrected chi connectivity index (χ2v) is 4.48. The Morgan fingerprint density at radius 2 is 2.22 bits per heavy atom. The normalized spacial score (nSPS) is 11.9. The van der Waals surface area contributed by atoms with Crippen molar-refractivity contribution >= 4 is 17.3 Å². The molecule has 0 spiro atoms. The van der Waals surface area contributed by atoms with Crippen molar-refractivity contribution in [2.45, 2.75) is 39.2 Å². The standard InChI is InChI=1S/C14H22N2O2/c1-4-5-6-10(2)16-11-7-8-13(15)12(9-11)14(17)18-3/h7-10,16H,4-6,15H2,1-3H3. The lowest BCUT2D eigenvalue weighted by Gasteiger charge is -2.16. The molecule has 0 aliphatic carbocycles. The van der Waals surface area contributed by atoms with Crippen LogP contribution in [-0.4, -0.2) is 19.1 Å². The first-order chi connectivity index (χ1) is 8.58. The molecule has 18 heavy (non-hydrogen) atoms. The van der Waals surface area contributed by atoms with Gasteiger partial charge in [0.1, 0.15) is 0 Å². The predicted octanol–water partition coefficient (Wildman–Crippen LogP) is 3.05. The fourth-order valence-corrected chi connectivity index (χ4v) is 1.80. The molecule has 0 aromatic heterocycles. The summed E-state index contributed by atoms with van der Waals surface area (Å²) in [7, 11) is 1.35. The summed E-state index contributed by atoms with van der Waals surface area (Å²) < 4.78 is 4.70. The number of hydrogen-bond acceptors (Lipinski definition) is 4. The minimum Gasteiger partial charge on any atom is -0.465 e. The molecule has 0 aliphatic heterocycles. The maximum atomic E-state index is 11.5. The van der Waals surface area contributed by atoms with Gasteiger partial charge in [0.15, 0.2) is 0 Å². The SMILES string of the molecule is CCCCC(C)Nc1ccc(N)c(C(=O)OC)c1. The van der Waals surface area contributed by atoms with Crippen LogP contribution in [0.1, 0.15) is 43.5 Å². The zero-order valence-electron chi connectivity index (χ0n) is 11.3. The van der Waals surface area contributed by atoms with E-state index in [0.717, 1.165) is 12.1 Å². The summed E-state index contributed by atoms with van der Waals surface area (Å²) in [5, 5.41) is 3.36. The van der Waals surface area contributed by atoms with Crippen LogP contribution in [0.4, 0.5) is 11.4 Å². The van der Waals surface area contributed by atoms with E-state index in [4.69, 9.17) is 10.5 Å². The fraction of sp³-hybridized carbons (Fsp3) is 0.500. The number of nitrogens with two attached hydrogens (primary N) is 1. The van der Waals surface area contributed by atoms with Gasteiger partial charge < -0.3 is 15.8 Å². The van der Waals surface area contributed by atoms with Crippen molar-refractivity contribution in [2.24, 2.45) is 0 Å². The van der Waals surface area contributed by atoms with E-state index < -0.39 is 5.97 Å². The molecular formula is C14H22N2O2. The minimum atomic E-state index is -0.405. The van der Waals surface area contributed by atoms with E-state index in [1.54, 1.807) is 12.1 Å². The molecule has 3 N–H and O–H groups in total. The number of carbonyl (C=O) groups excluding carboxylic acids is 1. The van der Waals surface area contributed by atoms with Crippen LogP contribution in [0.2, 0.25) is 0 Å². The number of methoxy groups -OCH3 is 1. The molecule has 1 atom stereocenters. The van der Waals surface area contributed by atoms with Crippen LogP contribution >= 0.6 is 0 Å². The summed E-state index contributed by atoms with van der Waals surface area (Å²) in [5.41, 5.74) is 7.49. The highest BCUT2D eigenvalue weighted by Gasteiger charge is 2.11. The van der Waals surface area contributed by atoms with E-state index in [1.165, 1.54) is 20.0 Å². The number of nitrogen functional groups attached to an aromatic ring is 1. The molecule has 0 aliphatic rings. The molecule has 1 aromatic rings. The van der Waals surface area contributed by atoms with Crippen LogP contribution in [0, 0.1) is 0 Å². The number of ether oxygens (including phenoxy) is 1. The van der Waals surface area contributed by atoms with E-state index in [1.807, 2.05) is 6.07 Å². The summed E-state index contributed by atoms with van der Waals surface area (Å²) in [4.78, 5) is 11.5. The van der Waals surface area contributed by atoms with Gasteiger partial charge in [-0.3, -0.25) is 0 Å². The van der Waals surface area contributed by atoms with Crippen LogP contribution in [0.15, 0.2) is 18.2 Å². The molecule has 0 amide bonds. The van der Waals surface area contributed by atoms with Gasteiger partial charge in [-0.15, -0.1) is 0 Å². The molecule has 1 rings (SSSR count). The van der Waals surface area contributed by atoms with Crippen LogP contribution in [0.5, 0.6) is 0 Å². The monoisotopic (exact) mass is 250 g/mol. The highest BCUT2D eigenvalue weighted by Crippen LogP contribution is 2.20. The van der Waals surface area contributed by atoms with Gasteiger partial charge in [0.2, 0.25) is 0 Å². The molecule has 1 unspecified atom stereocenters. The van der Waals surface area contributed by atoms with E-state index >= 15 is 0 Å². The van der Waals surface area contributed by atoms with Crippen LogP contribution in [-0.2, 0) is 4.74 Å². The van der Waals surface area contributed by atoms with Gasteiger partial charge in [-0.25, -0.2) is 4.79 Å². The lowest BCUT2D eigenvalue weighted by atomic mass is 10.1. The van der Waals surface area contributed by atoms with E-state index in [2.05, 4.69) is 19.2 Å². The highest BCUT2D eigenvalue weighted by molar-refractivity contribution is 5.96. The second kappa shape index (κ2) is 6.89. The van der Waals surface area contributed by atoms with Crippen molar-refractivity contribution in [3.8, 4) is 0 Å². The third-order valence-electron chi connectivity index (χ3n) is 2.86. The van der Waals surface area contributed by atoms with Gasteiger partial charge in [-0.2, -0.15) is 0 Å². The molecule has 0 bridgehead atoms. The van der Waals surface area contributed by atoms with Crippen LogP contribution < -0.4 is 11.1 Å². The molecule has 0 radical (unpaired) electrons. The first kappa shape index (κ1) is 14.4. The number of carbonyl (C=O) groups is 1. The molecule has 4 nitrogen and oxygen atoms in total. The highest BCUT2D eigenvalue weighted by atomic mass is 16.5. The van der Waals surface area contributed by atoms with Crippen molar-refractivity contribution in [1.82, 2.24) is 0 Å². The third kappa shape index (κ3) is 3.95. The maximum absolute atomic E-state index is 11.5. The average Bonchev–Trinajstić information content (AvgIpc) is 2.37. The Balaban J connectivity index is 2.75. The van der Waals surface area contributed by atoms with Gasteiger partial charge in [0.25, 0.3) is 0 Å². The number of nitrogens with one attached hydrogen (secondary N) is 1. The third-order valence-corrected chi connectivity index (χ3v) is 2.86. The summed E-state index contributed by atoms with van der Waals surface area (Å²) in [6.07, 6.45) is 3.47. The first-order valence-corrected chi connectivity index (χ1v) is 6.32. The van der Waals surface area contributed by atoms with Crippen LogP contribution in [0.3, 0.4) is 0 Å². The summed E-state index contributed by atoms with van der Waals surface area (Å²) in [6.45, 7) is 4.30. The summed E-state index contributed by atoms with van der Waals surface area (Å²) in [6, 6.07) is 5.72. The molecule has 4 heteroatoms. The lowest BCUT2D eigenvalue weighted by Crippen LogP contribution is -2.15. The maximum Gasteiger partial charge on any atom is 0.340 e. The minimum absolute atomic E-state index is 0.374. The zero-order chi connectivity index (χ0) is 13.5. The van der Waals surface area contributed by atoms with Gasteiger partial charge in [-0.05, 0) is 31.5 Å². The quantitative estimate of drug-likeness (QED) is 0.601. The number of anilines is 2. The Hall–Kier alpha value is -1.71. The Morgan fingerprint density at radius 1 is 1.50 bits per heavy atom. The van der Waals surface area contributed by atoms with Gasteiger partial charge >= 0.3 is 5.97 Å². The van der Waals surface area contributed by atoms with E-state index in [9.17, 15) is 4.79 Å². The van der Waals surface area contributed by atoms with Crippen LogP contribution in [0.25, 0.3) is 0 Å². The number of benzene rings is 1. The van der Waals surface area contributed by atoms with Gasteiger partial charge in [0.05, 0.1) is 12.7 Å². The van der Waals surface area contributed by atoms with Crippen molar-refractivity contribution in [2.75, 3.05) is 18.2 Å². The number of unbranched alkanes of at least 4 members (excludes halogenated alkanes) is 1. The van der Waals surface area contributed by atoms with E-state index in [-0.39, 0.29) is 0 Å². The largest absolute Gasteiger partial charge is 0.465 e. The number of hydrogen-bond donors (Lipinski definition) is 2. The van der Waals surface area contributed by atoms with Gasteiger partial charge in [0, 0.05) is 17.4 Å². The Bertz CT molecular complexity index is 405. The zero-order valence-corrected chi connectivity index (χ0v) is 11.3. The predicted molar refractivity (Wildman–Crippen MR) is 74.8 cm³/mol. The second-order valence-electron chi connectivity index (χ2n) is 4.48. The molecule has 0 saturated carbocycles. The smallest absolute Gasteiger partial charge is 0.340 e. The van der Waals surface area contributed by atoms with Crippen molar-refractivity contribution in [3.63, 3.8) is 0 Å². The van der Waals surface area contributed by atoms with E-state index in [0.29, 0.717) is 17.3 Å².